The molecule has 0 aromatic rings. The molecule has 1 rings (SSSR count). The molecule has 0 fully saturated rings. The number of rotatable bonds is 4. The molecular formula is C8H16N2OS2. The third-order valence-electron chi connectivity index (χ3n) is 1.69. The summed E-state index contributed by atoms with van der Waals surface area (Å²) in [6.45, 7) is 3.98. The molecule has 76 valence electrons. The molecule has 2 atom stereocenters. The Bertz CT molecular complexity index is 218. The first-order chi connectivity index (χ1) is 6.18. The SMILES string of the molecule is CC1CN=C(NCCCS(C)=O)S1. The number of thioether (sulfide) groups is 1. The van der Waals surface area contributed by atoms with E-state index in [1.807, 2.05) is 0 Å². The molecule has 0 radical (unpaired) electrons. The maximum absolute atomic E-state index is 10.7. The van der Waals surface area contributed by atoms with Crippen LogP contribution in [0.5, 0.6) is 0 Å². The number of amidine groups is 1. The van der Waals surface area contributed by atoms with Gasteiger partial charge in [0.05, 0.1) is 6.54 Å². The zero-order valence-corrected chi connectivity index (χ0v) is 9.71. The minimum absolute atomic E-state index is 0.614. The first kappa shape index (κ1) is 11.0. The highest BCUT2D eigenvalue weighted by molar-refractivity contribution is 8.14. The molecule has 0 saturated carbocycles. The zero-order chi connectivity index (χ0) is 9.68. The number of hydrogen-bond donors (Lipinski definition) is 1. The van der Waals surface area contributed by atoms with Crippen LogP contribution in [0.1, 0.15) is 13.3 Å². The van der Waals surface area contributed by atoms with Crippen LogP contribution >= 0.6 is 11.8 Å². The molecule has 0 spiro atoms. The van der Waals surface area contributed by atoms with E-state index in [9.17, 15) is 4.21 Å². The molecule has 0 amide bonds. The summed E-state index contributed by atoms with van der Waals surface area (Å²) in [7, 11) is -0.662. The number of nitrogens with one attached hydrogen (secondary N) is 1. The number of hydrogen-bond acceptors (Lipinski definition) is 4. The number of aliphatic imine (C=N–C) groups is 1. The first-order valence-corrected chi connectivity index (χ1v) is 7.04. The summed E-state index contributed by atoms with van der Waals surface area (Å²) in [5, 5.41) is 4.91. The van der Waals surface area contributed by atoms with Gasteiger partial charge in [0.1, 0.15) is 0 Å². The van der Waals surface area contributed by atoms with Crippen molar-refractivity contribution < 1.29 is 4.21 Å². The Kier molecular flexibility index (Phi) is 4.80. The Morgan fingerprint density at radius 1 is 1.77 bits per heavy atom. The first-order valence-electron chi connectivity index (χ1n) is 4.43. The molecule has 2 unspecified atom stereocenters. The molecular weight excluding hydrogens is 204 g/mol. The molecule has 1 aliphatic heterocycles. The smallest absolute Gasteiger partial charge is 0.156 e. The highest BCUT2D eigenvalue weighted by atomic mass is 32.2. The molecule has 0 bridgehead atoms. The predicted octanol–water partition coefficient (Wildman–Crippen LogP) is 0.836. The second-order valence-electron chi connectivity index (χ2n) is 3.13. The molecule has 0 saturated heterocycles. The lowest BCUT2D eigenvalue weighted by atomic mass is 10.5. The Hall–Kier alpha value is -0.0300. The van der Waals surface area contributed by atoms with Gasteiger partial charge < -0.3 is 5.32 Å². The van der Waals surface area contributed by atoms with E-state index in [2.05, 4.69) is 17.2 Å². The van der Waals surface area contributed by atoms with E-state index in [1.165, 1.54) is 0 Å². The largest absolute Gasteiger partial charge is 0.365 e. The Labute approximate surface area is 86.2 Å². The summed E-state index contributed by atoms with van der Waals surface area (Å²) in [5.41, 5.74) is 0. The van der Waals surface area contributed by atoms with Crippen LogP contribution in [0.3, 0.4) is 0 Å². The van der Waals surface area contributed by atoms with E-state index in [-0.39, 0.29) is 0 Å². The maximum Gasteiger partial charge on any atom is 0.156 e. The van der Waals surface area contributed by atoms with Gasteiger partial charge in [-0.2, -0.15) is 0 Å². The van der Waals surface area contributed by atoms with Crippen LogP contribution in [-0.4, -0.2) is 39.7 Å². The average Bonchev–Trinajstić information content (AvgIpc) is 2.45. The standard InChI is InChI=1S/C8H16N2OS2/c1-7-6-10-8(12-7)9-4-3-5-13(2)11/h7H,3-6H2,1-2H3,(H,9,10). The summed E-state index contributed by atoms with van der Waals surface area (Å²) in [5.74, 6) is 0.778. The van der Waals surface area contributed by atoms with Crippen LogP contribution in [0.4, 0.5) is 0 Å². The fraction of sp³-hybridized carbons (Fsp3) is 0.875. The number of nitrogens with zero attached hydrogens (tertiary/aromatic N) is 1. The second kappa shape index (κ2) is 5.65. The Morgan fingerprint density at radius 3 is 3.08 bits per heavy atom. The third kappa shape index (κ3) is 4.67. The van der Waals surface area contributed by atoms with Gasteiger partial charge in [0, 0.05) is 34.6 Å². The van der Waals surface area contributed by atoms with Crippen LogP contribution < -0.4 is 5.32 Å². The molecule has 13 heavy (non-hydrogen) atoms. The van der Waals surface area contributed by atoms with Gasteiger partial charge in [0.15, 0.2) is 5.17 Å². The molecule has 0 aromatic carbocycles. The predicted molar refractivity (Wildman–Crippen MR) is 60.9 cm³/mol. The van der Waals surface area contributed by atoms with Gasteiger partial charge >= 0.3 is 0 Å². The van der Waals surface area contributed by atoms with Crippen molar-refractivity contribution in [3.8, 4) is 0 Å². The Morgan fingerprint density at radius 2 is 2.54 bits per heavy atom. The third-order valence-corrected chi connectivity index (χ3v) is 3.60. The van der Waals surface area contributed by atoms with Crippen LogP contribution in [0, 0.1) is 0 Å². The van der Waals surface area contributed by atoms with Crippen molar-refractivity contribution in [1.82, 2.24) is 5.32 Å². The van der Waals surface area contributed by atoms with Crippen LogP contribution in [0.25, 0.3) is 0 Å². The topological polar surface area (TPSA) is 41.5 Å². The van der Waals surface area contributed by atoms with Crippen LogP contribution in [0.2, 0.25) is 0 Å². The maximum atomic E-state index is 10.7. The van der Waals surface area contributed by atoms with Crippen molar-refractivity contribution in [2.24, 2.45) is 4.99 Å². The zero-order valence-electron chi connectivity index (χ0n) is 8.08. The van der Waals surface area contributed by atoms with E-state index in [0.29, 0.717) is 5.25 Å². The fourth-order valence-corrected chi connectivity index (χ4v) is 2.46. The van der Waals surface area contributed by atoms with Gasteiger partial charge in [0.25, 0.3) is 0 Å². The van der Waals surface area contributed by atoms with Gasteiger partial charge in [-0.25, -0.2) is 0 Å². The summed E-state index contributed by atoms with van der Waals surface area (Å²) in [6.07, 6.45) is 2.70. The van der Waals surface area contributed by atoms with Gasteiger partial charge in [-0.1, -0.05) is 18.7 Å². The quantitative estimate of drug-likeness (QED) is 0.714. The minimum Gasteiger partial charge on any atom is -0.365 e. The normalized spacial score (nSPS) is 24.2. The van der Waals surface area contributed by atoms with Crippen LogP contribution in [0.15, 0.2) is 4.99 Å². The van der Waals surface area contributed by atoms with Crippen molar-refractivity contribution in [1.29, 1.82) is 0 Å². The van der Waals surface area contributed by atoms with Gasteiger partial charge in [-0.05, 0) is 6.42 Å². The minimum atomic E-state index is -0.662. The van der Waals surface area contributed by atoms with E-state index in [1.54, 1.807) is 18.0 Å². The van der Waals surface area contributed by atoms with E-state index in [4.69, 9.17) is 0 Å². The summed E-state index contributed by atoms with van der Waals surface area (Å²) < 4.78 is 10.7. The molecule has 1 aliphatic rings. The average molecular weight is 220 g/mol. The van der Waals surface area contributed by atoms with Crippen molar-refractivity contribution in [3.63, 3.8) is 0 Å². The van der Waals surface area contributed by atoms with E-state index >= 15 is 0 Å². The summed E-state index contributed by atoms with van der Waals surface area (Å²) in [6, 6.07) is 0. The lowest BCUT2D eigenvalue weighted by molar-refractivity contribution is 0.683. The van der Waals surface area contributed by atoms with Crippen molar-refractivity contribution in [3.05, 3.63) is 0 Å². The summed E-state index contributed by atoms with van der Waals surface area (Å²) >= 11 is 1.79. The molecule has 0 aliphatic carbocycles. The highest BCUT2D eigenvalue weighted by Crippen LogP contribution is 2.18. The van der Waals surface area contributed by atoms with Crippen molar-refractivity contribution in [2.75, 3.05) is 25.1 Å². The Balaban J connectivity index is 2.03. The fourth-order valence-electron chi connectivity index (χ4n) is 1.04. The van der Waals surface area contributed by atoms with Crippen molar-refractivity contribution >= 4 is 27.7 Å². The monoisotopic (exact) mass is 220 g/mol. The molecule has 1 N–H and O–H groups in total. The summed E-state index contributed by atoms with van der Waals surface area (Å²) in [4.78, 5) is 4.33. The van der Waals surface area contributed by atoms with Gasteiger partial charge in [-0.15, -0.1) is 0 Å². The molecule has 3 nitrogen and oxygen atoms in total. The lowest BCUT2D eigenvalue weighted by Crippen LogP contribution is -2.21. The highest BCUT2D eigenvalue weighted by Gasteiger charge is 2.13. The molecule has 5 heteroatoms. The molecule has 0 aromatic heterocycles. The van der Waals surface area contributed by atoms with Crippen molar-refractivity contribution in [2.45, 2.75) is 18.6 Å². The lowest BCUT2D eigenvalue weighted by Gasteiger charge is -2.04. The van der Waals surface area contributed by atoms with E-state index in [0.717, 1.165) is 30.4 Å². The second-order valence-corrected chi connectivity index (χ2v) is 6.11. The van der Waals surface area contributed by atoms with Gasteiger partial charge in [-0.3, -0.25) is 9.20 Å². The van der Waals surface area contributed by atoms with Gasteiger partial charge in [0.2, 0.25) is 0 Å². The van der Waals surface area contributed by atoms with E-state index < -0.39 is 10.8 Å². The van der Waals surface area contributed by atoms with Crippen LogP contribution in [-0.2, 0) is 10.8 Å². The molecule has 1 heterocycles.